The fourth-order valence-electron chi connectivity index (χ4n) is 3.64. The van der Waals surface area contributed by atoms with E-state index in [2.05, 4.69) is 30.1 Å². The Morgan fingerprint density at radius 2 is 1.65 bits per heavy atom. The summed E-state index contributed by atoms with van der Waals surface area (Å²) >= 11 is 0. The molecule has 7 nitrogen and oxygen atoms in total. The van der Waals surface area contributed by atoms with Gasteiger partial charge < -0.3 is 15.1 Å². The van der Waals surface area contributed by atoms with Crippen LogP contribution in [0.2, 0.25) is 0 Å². The fraction of sp³-hybridized carbons (Fsp3) is 0.474. The standard InChI is InChI=1S/C19H24N6O/c26-18(23-16-4-1-2-5-16)15-6-7-17(22-14-15)24-10-12-25(13-11-24)19-20-8-3-9-21-19/h3,6-9,14,16H,1-2,4-5,10-13H2,(H,23,26). The van der Waals surface area contributed by atoms with Crippen LogP contribution in [0, 0.1) is 0 Å². The number of aromatic nitrogens is 3. The first-order chi connectivity index (χ1) is 12.8. The van der Waals surface area contributed by atoms with Gasteiger partial charge in [0.05, 0.1) is 5.56 Å². The number of piperazine rings is 1. The van der Waals surface area contributed by atoms with Gasteiger partial charge in [0.1, 0.15) is 5.82 Å². The summed E-state index contributed by atoms with van der Waals surface area (Å²) in [4.78, 5) is 29.8. The Morgan fingerprint density at radius 1 is 0.962 bits per heavy atom. The molecule has 2 aromatic rings. The molecule has 2 aromatic heterocycles. The van der Waals surface area contributed by atoms with Crippen molar-refractivity contribution >= 4 is 17.7 Å². The second-order valence-electron chi connectivity index (χ2n) is 6.88. The largest absolute Gasteiger partial charge is 0.353 e. The van der Waals surface area contributed by atoms with Gasteiger partial charge in [-0.15, -0.1) is 0 Å². The molecule has 1 aliphatic carbocycles. The van der Waals surface area contributed by atoms with Crippen molar-refractivity contribution in [3.8, 4) is 0 Å². The second-order valence-corrected chi connectivity index (χ2v) is 6.88. The molecule has 0 spiro atoms. The van der Waals surface area contributed by atoms with E-state index in [1.54, 1.807) is 18.6 Å². The predicted molar refractivity (Wildman–Crippen MR) is 100 cm³/mol. The number of nitrogens with zero attached hydrogens (tertiary/aromatic N) is 5. The fourth-order valence-corrected chi connectivity index (χ4v) is 3.64. The van der Waals surface area contributed by atoms with E-state index in [0.29, 0.717) is 11.6 Å². The zero-order chi connectivity index (χ0) is 17.8. The van der Waals surface area contributed by atoms with Crippen molar-refractivity contribution in [1.29, 1.82) is 0 Å². The van der Waals surface area contributed by atoms with Crippen LogP contribution < -0.4 is 15.1 Å². The molecule has 1 amide bonds. The monoisotopic (exact) mass is 352 g/mol. The lowest BCUT2D eigenvalue weighted by atomic mass is 10.2. The maximum absolute atomic E-state index is 12.3. The van der Waals surface area contributed by atoms with Gasteiger partial charge in [0, 0.05) is 50.8 Å². The third-order valence-corrected chi connectivity index (χ3v) is 5.14. The van der Waals surface area contributed by atoms with Crippen molar-refractivity contribution in [3.05, 3.63) is 42.4 Å². The summed E-state index contributed by atoms with van der Waals surface area (Å²) in [7, 11) is 0. The van der Waals surface area contributed by atoms with E-state index in [0.717, 1.165) is 50.8 Å². The molecule has 0 radical (unpaired) electrons. The summed E-state index contributed by atoms with van der Waals surface area (Å²) < 4.78 is 0. The number of hydrogen-bond acceptors (Lipinski definition) is 6. The molecular formula is C19H24N6O. The van der Waals surface area contributed by atoms with Crippen molar-refractivity contribution in [2.75, 3.05) is 36.0 Å². The maximum atomic E-state index is 12.3. The van der Waals surface area contributed by atoms with Gasteiger partial charge in [-0.25, -0.2) is 15.0 Å². The molecule has 0 atom stereocenters. The van der Waals surface area contributed by atoms with Crippen molar-refractivity contribution in [2.24, 2.45) is 0 Å². The minimum Gasteiger partial charge on any atom is -0.353 e. The Balaban J connectivity index is 1.33. The zero-order valence-corrected chi connectivity index (χ0v) is 14.8. The van der Waals surface area contributed by atoms with Crippen molar-refractivity contribution in [3.63, 3.8) is 0 Å². The van der Waals surface area contributed by atoms with Gasteiger partial charge in [0.25, 0.3) is 5.91 Å². The zero-order valence-electron chi connectivity index (χ0n) is 14.8. The molecule has 0 aromatic carbocycles. The molecule has 1 aliphatic heterocycles. The summed E-state index contributed by atoms with van der Waals surface area (Å²) in [6.45, 7) is 3.43. The highest BCUT2D eigenvalue weighted by Gasteiger charge is 2.21. The van der Waals surface area contributed by atoms with Crippen LogP contribution in [0.1, 0.15) is 36.0 Å². The second kappa shape index (κ2) is 7.68. The lowest BCUT2D eigenvalue weighted by Gasteiger charge is -2.35. The van der Waals surface area contributed by atoms with Gasteiger partial charge in [0.2, 0.25) is 5.95 Å². The lowest BCUT2D eigenvalue weighted by Crippen LogP contribution is -2.47. The summed E-state index contributed by atoms with van der Waals surface area (Å²) in [6, 6.07) is 5.97. The van der Waals surface area contributed by atoms with Gasteiger partial charge >= 0.3 is 0 Å². The molecule has 3 heterocycles. The molecular weight excluding hydrogens is 328 g/mol. The van der Waals surface area contributed by atoms with Gasteiger partial charge in [-0.3, -0.25) is 4.79 Å². The number of carbonyl (C=O) groups is 1. The van der Waals surface area contributed by atoms with E-state index >= 15 is 0 Å². The Morgan fingerprint density at radius 3 is 2.31 bits per heavy atom. The number of amides is 1. The molecule has 2 aliphatic rings. The number of pyridine rings is 1. The van der Waals surface area contributed by atoms with Crippen LogP contribution in [0.25, 0.3) is 0 Å². The van der Waals surface area contributed by atoms with Gasteiger partial charge in [-0.1, -0.05) is 12.8 Å². The average Bonchev–Trinajstić information content (AvgIpc) is 3.22. The highest BCUT2D eigenvalue weighted by Crippen LogP contribution is 2.19. The number of rotatable bonds is 4. The summed E-state index contributed by atoms with van der Waals surface area (Å²) in [5.74, 6) is 1.68. The number of carbonyl (C=O) groups excluding carboxylic acids is 1. The molecule has 26 heavy (non-hydrogen) atoms. The summed E-state index contributed by atoms with van der Waals surface area (Å²) in [6.07, 6.45) is 9.83. The van der Waals surface area contributed by atoms with E-state index in [1.807, 2.05) is 18.2 Å². The van der Waals surface area contributed by atoms with Gasteiger partial charge in [0.15, 0.2) is 0 Å². The van der Waals surface area contributed by atoms with E-state index in [4.69, 9.17) is 0 Å². The Hall–Kier alpha value is -2.70. The summed E-state index contributed by atoms with van der Waals surface area (Å²) in [5, 5.41) is 3.11. The van der Waals surface area contributed by atoms with Crippen LogP contribution in [0.4, 0.5) is 11.8 Å². The van der Waals surface area contributed by atoms with Crippen LogP contribution in [0.5, 0.6) is 0 Å². The van der Waals surface area contributed by atoms with Crippen LogP contribution in [-0.4, -0.2) is 53.1 Å². The average molecular weight is 352 g/mol. The molecule has 7 heteroatoms. The highest BCUT2D eigenvalue weighted by molar-refractivity contribution is 5.94. The Bertz CT molecular complexity index is 721. The third-order valence-electron chi connectivity index (χ3n) is 5.14. The van der Waals surface area contributed by atoms with E-state index in [9.17, 15) is 4.79 Å². The van der Waals surface area contributed by atoms with Crippen LogP contribution in [0.3, 0.4) is 0 Å². The van der Waals surface area contributed by atoms with Gasteiger partial charge in [-0.05, 0) is 31.0 Å². The molecule has 1 saturated carbocycles. The topological polar surface area (TPSA) is 74.2 Å². The van der Waals surface area contributed by atoms with E-state index in [1.165, 1.54) is 12.8 Å². The molecule has 1 N–H and O–H groups in total. The normalized spacial score (nSPS) is 18.2. The van der Waals surface area contributed by atoms with Crippen molar-refractivity contribution < 1.29 is 4.79 Å². The first-order valence-electron chi connectivity index (χ1n) is 9.33. The predicted octanol–water partition coefficient (Wildman–Crippen LogP) is 1.87. The smallest absolute Gasteiger partial charge is 0.253 e. The first kappa shape index (κ1) is 16.8. The molecule has 4 rings (SSSR count). The minimum absolute atomic E-state index is 0.0120. The van der Waals surface area contributed by atoms with Crippen LogP contribution in [-0.2, 0) is 0 Å². The number of nitrogens with one attached hydrogen (secondary N) is 1. The van der Waals surface area contributed by atoms with Crippen molar-refractivity contribution in [2.45, 2.75) is 31.7 Å². The maximum Gasteiger partial charge on any atom is 0.253 e. The number of anilines is 2. The third kappa shape index (κ3) is 3.76. The summed E-state index contributed by atoms with van der Waals surface area (Å²) in [5.41, 5.74) is 0.636. The molecule has 2 fully saturated rings. The van der Waals surface area contributed by atoms with E-state index in [-0.39, 0.29) is 5.91 Å². The Kier molecular flexibility index (Phi) is 4.95. The minimum atomic E-state index is -0.0120. The first-order valence-corrected chi connectivity index (χ1v) is 9.33. The van der Waals surface area contributed by atoms with Gasteiger partial charge in [-0.2, -0.15) is 0 Å². The molecule has 1 saturated heterocycles. The molecule has 0 bridgehead atoms. The Labute approximate surface area is 153 Å². The lowest BCUT2D eigenvalue weighted by molar-refractivity contribution is 0.0937. The molecule has 136 valence electrons. The molecule has 0 unspecified atom stereocenters. The van der Waals surface area contributed by atoms with E-state index < -0.39 is 0 Å². The number of hydrogen-bond donors (Lipinski definition) is 1. The SMILES string of the molecule is O=C(NC1CCCC1)c1ccc(N2CCN(c3ncccn3)CC2)nc1. The van der Waals surface area contributed by atoms with Crippen molar-refractivity contribution in [1.82, 2.24) is 20.3 Å². The highest BCUT2D eigenvalue weighted by atomic mass is 16.1. The quantitative estimate of drug-likeness (QED) is 0.905. The van der Waals surface area contributed by atoms with Crippen LogP contribution >= 0.6 is 0 Å². The van der Waals surface area contributed by atoms with Crippen LogP contribution in [0.15, 0.2) is 36.8 Å².